The molecule has 0 saturated heterocycles. The number of carbonyl (C=O) groups is 1. The summed E-state index contributed by atoms with van der Waals surface area (Å²) in [6.07, 6.45) is -0.505. The van der Waals surface area contributed by atoms with Crippen LogP contribution in [0.2, 0.25) is 5.02 Å². The number of nitrogens with one attached hydrogen (secondary N) is 1. The quantitative estimate of drug-likeness (QED) is 0.659. The molecule has 0 aliphatic heterocycles. The predicted molar refractivity (Wildman–Crippen MR) is 89.1 cm³/mol. The maximum atomic E-state index is 12.2. The molecule has 0 amide bonds. The van der Waals surface area contributed by atoms with Gasteiger partial charge in [-0.3, -0.25) is 0 Å². The van der Waals surface area contributed by atoms with E-state index in [2.05, 4.69) is 25.9 Å². The molecule has 0 aliphatic carbocycles. The molecular formula is C16H12BrClN2O2. The van der Waals surface area contributed by atoms with Gasteiger partial charge in [0.15, 0.2) is 6.10 Å². The molecule has 0 spiro atoms. The fourth-order valence-corrected chi connectivity index (χ4v) is 2.68. The molecule has 22 heavy (non-hydrogen) atoms. The molecule has 0 fully saturated rings. The molecule has 0 radical (unpaired) electrons. The first kappa shape index (κ1) is 15.1. The summed E-state index contributed by atoms with van der Waals surface area (Å²) < 4.78 is 6.10. The molecule has 112 valence electrons. The number of hydrogen-bond acceptors (Lipinski definition) is 3. The molecule has 0 saturated carbocycles. The van der Waals surface area contributed by atoms with Gasteiger partial charge >= 0.3 is 5.97 Å². The van der Waals surface area contributed by atoms with Gasteiger partial charge in [-0.15, -0.1) is 0 Å². The van der Waals surface area contributed by atoms with Crippen molar-refractivity contribution < 1.29 is 9.53 Å². The van der Waals surface area contributed by atoms with Crippen LogP contribution in [0.15, 0.2) is 46.9 Å². The zero-order valence-corrected chi connectivity index (χ0v) is 14.0. The van der Waals surface area contributed by atoms with Crippen LogP contribution < -0.4 is 0 Å². The lowest BCUT2D eigenvalue weighted by molar-refractivity contribution is 0.0322. The Labute approximate surface area is 140 Å². The van der Waals surface area contributed by atoms with Gasteiger partial charge in [0.2, 0.25) is 0 Å². The van der Waals surface area contributed by atoms with Crippen LogP contribution >= 0.6 is 27.5 Å². The number of nitrogens with zero attached hydrogens (tertiary/aromatic N) is 1. The third kappa shape index (κ3) is 2.87. The average Bonchev–Trinajstić information content (AvgIpc) is 2.94. The maximum Gasteiger partial charge on any atom is 0.340 e. The Bertz CT molecular complexity index is 814. The Kier molecular flexibility index (Phi) is 4.18. The molecule has 2 aromatic carbocycles. The summed E-state index contributed by atoms with van der Waals surface area (Å²) >= 11 is 9.40. The number of imidazole rings is 1. The fraction of sp³-hybridized carbons (Fsp3) is 0.125. The van der Waals surface area contributed by atoms with Crippen molar-refractivity contribution in [3.05, 3.63) is 63.3 Å². The number of carbonyl (C=O) groups excluding carboxylic acids is 1. The summed E-state index contributed by atoms with van der Waals surface area (Å²) in [5.41, 5.74) is 2.06. The Balaban J connectivity index is 1.82. The number of aromatic amines is 1. The minimum absolute atomic E-state index is 0.319. The predicted octanol–water partition coefficient (Wildman–Crippen LogP) is 4.90. The second-order valence-corrected chi connectivity index (χ2v) is 6.02. The standard InChI is InChI=1S/C16H12BrClN2O2/c1-9(15-19-12-7-2-3-8-13(12)20-15)22-16(21)10-5-4-6-11(17)14(10)18/h2-9H,1H3,(H,19,20). The maximum absolute atomic E-state index is 12.2. The zero-order valence-electron chi connectivity index (χ0n) is 11.6. The van der Waals surface area contributed by atoms with Gasteiger partial charge in [-0.2, -0.15) is 0 Å². The lowest BCUT2D eigenvalue weighted by atomic mass is 10.2. The number of rotatable bonds is 3. The van der Waals surface area contributed by atoms with E-state index < -0.39 is 12.1 Å². The summed E-state index contributed by atoms with van der Waals surface area (Å²) in [5, 5.41) is 0.337. The van der Waals surface area contributed by atoms with E-state index in [9.17, 15) is 4.79 Å². The third-order valence-corrected chi connectivity index (χ3v) is 4.54. The van der Waals surface area contributed by atoms with Crippen molar-refractivity contribution in [1.82, 2.24) is 9.97 Å². The highest BCUT2D eigenvalue weighted by Crippen LogP contribution is 2.28. The average molecular weight is 380 g/mol. The second-order valence-electron chi connectivity index (χ2n) is 4.79. The Morgan fingerprint density at radius 3 is 2.82 bits per heavy atom. The van der Waals surface area contributed by atoms with Crippen LogP contribution in [0.25, 0.3) is 11.0 Å². The van der Waals surface area contributed by atoms with Crippen LogP contribution in [0, 0.1) is 0 Å². The van der Waals surface area contributed by atoms with Gasteiger partial charge in [-0.1, -0.05) is 29.8 Å². The smallest absolute Gasteiger partial charge is 0.340 e. The molecule has 3 rings (SSSR count). The van der Waals surface area contributed by atoms with Crippen LogP contribution in [0.1, 0.15) is 29.2 Å². The van der Waals surface area contributed by atoms with Gasteiger partial charge in [0.1, 0.15) is 5.82 Å². The Morgan fingerprint density at radius 1 is 1.27 bits per heavy atom. The number of para-hydroxylation sites is 2. The molecular weight excluding hydrogens is 368 g/mol. The largest absolute Gasteiger partial charge is 0.451 e. The molecule has 1 aromatic heterocycles. The van der Waals surface area contributed by atoms with E-state index in [1.54, 1.807) is 25.1 Å². The van der Waals surface area contributed by atoms with E-state index >= 15 is 0 Å². The molecule has 0 bridgehead atoms. The van der Waals surface area contributed by atoms with Crippen molar-refractivity contribution >= 4 is 44.5 Å². The monoisotopic (exact) mass is 378 g/mol. The lowest BCUT2D eigenvalue weighted by Crippen LogP contribution is -2.11. The first-order valence-electron chi connectivity index (χ1n) is 6.66. The van der Waals surface area contributed by atoms with Gasteiger partial charge < -0.3 is 9.72 Å². The number of aromatic nitrogens is 2. The number of halogens is 2. The van der Waals surface area contributed by atoms with Gasteiger partial charge in [0, 0.05) is 4.47 Å². The summed E-state index contributed by atoms with van der Waals surface area (Å²) in [7, 11) is 0. The number of fused-ring (bicyclic) bond motifs is 1. The van der Waals surface area contributed by atoms with Crippen molar-refractivity contribution in [3.8, 4) is 0 Å². The number of benzene rings is 2. The summed E-state index contributed by atoms with van der Waals surface area (Å²) in [6.45, 7) is 1.77. The van der Waals surface area contributed by atoms with E-state index in [0.29, 0.717) is 20.9 Å². The fourth-order valence-electron chi connectivity index (χ4n) is 2.11. The van der Waals surface area contributed by atoms with Gasteiger partial charge in [-0.05, 0) is 47.1 Å². The lowest BCUT2D eigenvalue weighted by Gasteiger charge is -2.12. The number of H-pyrrole nitrogens is 1. The van der Waals surface area contributed by atoms with Crippen molar-refractivity contribution in [2.24, 2.45) is 0 Å². The van der Waals surface area contributed by atoms with Crippen molar-refractivity contribution in [2.75, 3.05) is 0 Å². The van der Waals surface area contributed by atoms with E-state index in [0.717, 1.165) is 11.0 Å². The van der Waals surface area contributed by atoms with Crippen LogP contribution in [0.4, 0.5) is 0 Å². The summed E-state index contributed by atoms with van der Waals surface area (Å²) in [5.74, 6) is 0.111. The van der Waals surface area contributed by atoms with Crippen molar-refractivity contribution in [1.29, 1.82) is 0 Å². The molecule has 1 unspecified atom stereocenters. The second kappa shape index (κ2) is 6.10. The number of esters is 1. The van der Waals surface area contributed by atoms with Crippen LogP contribution in [0.5, 0.6) is 0 Å². The first-order chi connectivity index (χ1) is 10.6. The van der Waals surface area contributed by atoms with E-state index in [1.807, 2.05) is 24.3 Å². The number of ether oxygens (including phenoxy) is 1. The molecule has 3 aromatic rings. The number of hydrogen-bond donors (Lipinski definition) is 1. The minimum atomic E-state index is -0.505. The first-order valence-corrected chi connectivity index (χ1v) is 7.83. The van der Waals surface area contributed by atoms with Crippen molar-refractivity contribution in [2.45, 2.75) is 13.0 Å². The summed E-state index contributed by atoms with van der Waals surface area (Å²) in [6, 6.07) is 12.8. The van der Waals surface area contributed by atoms with Gasteiger partial charge in [-0.25, -0.2) is 9.78 Å². The van der Waals surface area contributed by atoms with Crippen molar-refractivity contribution in [3.63, 3.8) is 0 Å². The molecule has 4 nitrogen and oxygen atoms in total. The summed E-state index contributed by atoms with van der Waals surface area (Å²) in [4.78, 5) is 19.8. The Hall–Kier alpha value is -1.85. The molecule has 1 atom stereocenters. The minimum Gasteiger partial charge on any atom is -0.451 e. The Morgan fingerprint density at radius 2 is 2.05 bits per heavy atom. The van der Waals surface area contributed by atoms with Gasteiger partial charge in [0.05, 0.1) is 21.6 Å². The van der Waals surface area contributed by atoms with E-state index in [4.69, 9.17) is 16.3 Å². The third-order valence-electron chi connectivity index (χ3n) is 3.25. The van der Waals surface area contributed by atoms with E-state index in [1.165, 1.54) is 0 Å². The van der Waals surface area contributed by atoms with Crippen LogP contribution in [0.3, 0.4) is 0 Å². The normalized spacial score (nSPS) is 12.3. The highest BCUT2D eigenvalue weighted by Gasteiger charge is 2.19. The highest BCUT2D eigenvalue weighted by atomic mass is 79.9. The SMILES string of the molecule is CC(OC(=O)c1cccc(Br)c1Cl)c1nc2ccccc2[nH]1. The molecule has 1 N–H and O–H groups in total. The van der Waals surface area contributed by atoms with Crippen LogP contribution in [-0.4, -0.2) is 15.9 Å². The molecule has 1 heterocycles. The zero-order chi connectivity index (χ0) is 15.7. The molecule has 0 aliphatic rings. The highest BCUT2D eigenvalue weighted by molar-refractivity contribution is 9.10. The molecule has 6 heteroatoms. The topological polar surface area (TPSA) is 55.0 Å². The van der Waals surface area contributed by atoms with Gasteiger partial charge in [0.25, 0.3) is 0 Å². The van der Waals surface area contributed by atoms with E-state index in [-0.39, 0.29) is 0 Å². The van der Waals surface area contributed by atoms with Crippen LogP contribution in [-0.2, 0) is 4.74 Å².